The number of hydrogen-bond donors (Lipinski definition) is 2. The van der Waals surface area contributed by atoms with Crippen molar-refractivity contribution in [1.82, 2.24) is 20.4 Å². The summed E-state index contributed by atoms with van der Waals surface area (Å²) in [5.74, 6) is -2.68. The minimum absolute atomic E-state index is 0.0587. The summed E-state index contributed by atoms with van der Waals surface area (Å²) < 4.78 is 26.4. The Kier molecular flexibility index (Phi) is 5.99. The predicted octanol–water partition coefficient (Wildman–Crippen LogP) is 4.04. The number of H-pyrrole nitrogens is 1. The van der Waals surface area contributed by atoms with Gasteiger partial charge in [0.15, 0.2) is 11.6 Å². The minimum atomic E-state index is -1.07. The molecule has 0 atom stereocenters. The van der Waals surface area contributed by atoms with Gasteiger partial charge in [-0.1, -0.05) is 23.7 Å². The van der Waals surface area contributed by atoms with Crippen molar-refractivity contribution in [3.63, 3.8) is 0 Å². The third-order valence-corrected chi connectivity index (χ3v) is 5.55. The molecule has 1 aliphatic heterocycles. The van der Waals surface area contributed by atoms with Crippen molar-refractivity contribution in [3.8, 4) is 11.3 Å². The maximum atomic E-state index is 13.4. The fourth-order valence-corrected chi connectivity index (χ4v) is 3.71. The second-order valence-electron chi connectivity index (χ2n) is 7.33. The standard InChI is InChI=1S/C22H19ClF2N4O2/c23-15-4-1-13(2-5-15)20-17(12-26-28-20)22(31)29-9-7-16(8-10-29)27-21(30)14-3-6-18(24)19(25)11-14/h1-6,11-12,16H,7-10H2,(H,26,28)(H,27,30). The molecule has 2 N–H and O–H groups in total. The van der Waals surface area contributed by atoms with Crippen LogP contribution in [0.15, 0.2) is 48.7 Å². The number of rotatable bonds is 4. The summed E-state index contributed by atoms with van der Waals surface area (Å²) in [5.41, 5.74) is 1.95. The molecule has 1 aliphatic rings. The van der Waals surface area contributed by atoms with E-state index in [4.69, 9.17) is 11.6 Å². The first-order valence-electron chi connectivity index (χ1n) is 9.77. The molecule has 9 heteroatoms. The van der Waals surface area contributed by atoms with Crippen LogP contribution in [0.1, 0.15) is 33.6 Å². The number of carbonyl (C=O) groups is 2. The summed E-state index contributed by atoms with van der Waals surface area (Å²) >= 11 is 5.93. The van der Waals surface area contributed by atoms with Crippen molar-refractivity contribution < 1.29 is 18.4 Å². The van der Waals surface area contributed by atoms with Gasteiger partial charge in [-0.15, -0.1) is 0 Å². The van der Waals surface area contributed by atoms with Gasteiger partial charge in [-0.25, -0.2) is 8.78 Å². The van der Waals surface area contributed by atoms with E-state index in [1.165, 1.54) is 12.3 Å². The summed E-state index contributed by atoms with van der Waals surface area (Å²) in [6.45, 7) is 0.902. The lowest BCUT2D eigenvalue weighted by atomic mass is 10.0. The molecule has 0 unspecified atom stereocenters. The number of likely N-dealkylation sites (tertiary alicyclic amines) is 1. The number of halogens is 3. The molecule has 0 bridgehead atoms. The summed E-state index contributed by atoms with van der Waals surface area (Å²) in [6.07, 6.45) is 2.60. The Morgan fingerprint density at radius 1 is 1.06 bits per heavy atom. The maximum absolute atomic E-state index is 13.4. The summed E-state index contributed by atoms with van der Waals surface area (Å²) in [4.78, 5) is 27.0. The Morgan fingerprint density at radius 2 is 1.77 bits per heavy atom. The van der Waals surface area contributed by atoms with E-state index in [1.54, 1.807) is 17.0 Å². The van der Waals surface area contributed by atoms with Gasteiger partial charge in [0.25, 0.3) is 11.8 Å². The van der Waals surface area contributed by atoms with Crippen molar-refractivity contribution in [2.45, 2.75) is 18.9 Å². The highest BCUT2D eigenvalue weighted by Gasteiger charge is 2.27. The number of piperidine rings is 1. The first-order valence-corrected chi connectivity index (χ1v) is 10.1. The third-order valence-electron chi connectivity index (χ3n) is 5.30. The molecule has 2 heterocycles. The summed E-state index contributed by atoms with van der Waals surface area (Å²) in [6, 6.07) is 9.99. The van der Waals surface area contributed by atoms with Crippen LogP contribution in [-0.2, 0) is 0 Å². The Labute approximate surface area is 182 Å². The van der Waals surface area contributed by atoms with Gasteiger partial charge in [0.1, 0.15) is 0 Å². The quantitative estimate of drug-likeness (QED) is 0.637. The van der Waals surface area contributed by atoms with Crippen LogP contribution < -0.4 is 5.32 Å². The molecule has 3 aromatic rings. The zero-order chi connectivity index (χ0) is 22.0. The van der Waals surface area contributed by atoms with Crippen LogP contribution in [0, 0.1) is 11.6 Å². The fraction of sp³-hybridized carbons (Fsp3) is 0.227. The van der Waals surface area contributed by atoms with Crippen LogP contribution >= 0.6 is 11.6 Å². The molecule has 1 fully saturated rings. The van der Waals surface area contributed by atoms with Crippen molar-refractivity contribution in [2.75, 3.05) is 13.1 Å². The molecule has 0 aliphatic carbocycles. The molecule has 4 rings (SSSR count). The molecule has 6 nitrogen and oxygen atoms in total. The Balaban J connectivity index is 1.37. The van der Waals surface area contributed by atoms with Gasteiger partial charge in [0.2, 0.25) is 0 Å². The highest BCUT2D eigenvalue weighted by atomic mass is 35.5. The molecule has 0 radical (unpaired) electrons. The summed E-state index contributed by atoms with van der Waals surface area (Å²) in [5, 5.41) is 10.3. The van der Waals surface area contributed by atoms with Gasteiger partial charge in [-0.2, -0.15) is 5.10 Å². The molecule has 1 saturated heterocycles. The first-order chi connectivity index (χ1) is 14.9. The molecular formula is C22H19ClF2N4O2. The molecular weight excluding hydrogens is 426 g/mol. The average molecular weight is 445 g/mol. The Morgan fingerprint density at radius 3 is 2.45 bits per heavy atom. The van der Waals surface area contributed by atoms with E-state index in [0.29, 0.717) is 42.2 Å². The van der Waals surface area contributed by atoms with Gasteiger partial charge in [-0.3, -0.25) is 14.7 Å². The zero-order valence-corrected chi connectivity index (χ0v) is 17.1. The number of nitrogens with zero attached hydrogens (tertiary/aromatic N) is 2. The molecule has 0 saturated carbocycles. The van der Waals surface area contributed by atoms with Crippen LogP contribution in [0.5, 0.6) is 0 Å². The van der Waals surface area contributed by atoms with Crippen LogP contribution in [0.4, 0.5) is 8.78 Å². The van der Waals surface area contributed by atoms with E-state index in [-0.39, 0.29) is 17.5 Å². The van der Waals surface area contributed by atoms with Crippen LogP contribution in [-0.4, -0.2) is 46.0 Å². The zero-order valence-electron chi connectivity index (χ0n) is 16.4. The van der Waals surface area contributed by atoms with E-state index >= 15 is 0 Å². The number of nitrogens with one attached hydrogen (secondary N) is 2. The largest absolute Gasteiger partial charge is 0.349 e. The van der Waals surface area contributed by atoms with E-state index in [9.17, 15) is 18.4 Å². The van der Waals surface area contributed by atoms with Crippen molar-refractivity contribution in [1.29, 1.82) is 0 Å². The summed E-state index contributed by atoms with van der Waals surface area (Å²) in [7, 11) is 0. The molecule has 1 aromatic heterocycles. The van der Waals surface area contributed by atoms with Gasteiger partial charge in [0.05, 0.1) is 17.5 Å². The lowest BCUT2D eigenvalue weighted by Gasteiger charge is -2.32. The minimum Gasteiger partial charge on any atom is -0.349 e. The van der Waals surface area contributed by atoms with Gasteiger partial charge < -0.3 is 10.2 Å². The topological polar surface area (TPSA) is 78.1 Å². The normalized spacial score (nSPS) is 14.5. The van der Waals surface area contributed by atoms with E-state index < -0.39 is 17.5 Å². The van der Waals surface area contributed by atoms with Gasteiger partial charge in [0, 0.05) is 35.3 Å². The number of amides is 2. The van der Waals surface area contributed by atoms with E-state index in [2.05, 4.69) is 15.5 Å². The molecule has 160 valence electrons. The smallest absolute Gasteiger partial charge is 0.257 e. The molecule has 2 amide bonds. The van der Waals surface area contributed by atoms with Crippen LogP contribution in [0.2, 0.25) is 5.02 Å². The first kappa shape index (κ1) is 21.0. The number of benzene rings is 2. The van der Waals surface area contributed by atoms with Crippen LogP contribution in [0.25, 0.3) is 11.3 Å². The molecule has 31 heavy (non-hydrogen) atoms. The average Bonchev–Trinajstić information content (AvgIpc) is 3.26. The third kappa shape index (κ3) is 4.59. The maximum Gasteiger partial charge on any atom is 0.257 e. The molecule has 2 aromatic carbocycles. The monoisotopic (exact) mass is 444 g/mol. The Bertz CT molecular complexity index is 1110. The number of aromatic amines is 1. The number of carbonyl (C=O) groups excluding carboxylic acids is 2. The van der Waals surface area contributed by atoms with Crippen molar-refractivity contribution >= 4 is 23.4 Å². The second-order valence-corrected chi connectivity index (χ2v) is 7.77. The van der Waals surface area contributed by atoms with Crippen molar-refractivity contribution in [2.24, 2.45) is 0 Å². The second kappa shape index (κ2) is 8.85. The molecule has 0 spiro atoms. The lowest BCUT2D eigenvalue weighted by molar-refractivity contribution is 0.0699. The number of hydrogen-bond acceptors (Lipinski definition) is 3. The Hall–Kier alpha value is -3.26. The van der Waals surface area contributed by atoms with E-state index in [0.717, 1.165) is 17.7 Å². The van der Waals surface area contributed by atoms with Crippen LogP contribution in [0.3, 0.4) is 0 Å². The fourth-order valence-electron chi connectivity index (χ4n) is 3.59. The highest BCUT2D eigenvalue weighted by molar-refractivity contribution is 6.30. The predicted molar refractivity (Wildman–Crippen MR) is 112 cm³/mol. The van der Waals surface area contributed by atoms with E-state index in [1.807, 2.05) is 12.1 Å². The van der Waals surface area contributed by atoms with Gasteiger partial charge in [-0.05, 0) is 43.2 Å². The van der Waals surface area contributed by atoms with Gasteiger partial charge >= 0.3 is 0 Å². The number of aromatic nitrogens is 2. The SMILES string of the molecule is O=C(NC1CCN(C(=O)c2cn[nH]c2-c2ccc(Cl)cc2)CC1)c1ccc(F)c(F)c1. The van der Waals surface area contributed by atoms with Crippen molar-refractivity contribution in [3.05, 3.63) is 76.4 Å². The lowest BCUT2D eigenvalue weighted by Crippen LogP contribution is -2.46. The highest BCUT2D eigenvalue weighted by Crippen LogP contribution is 2.25.